The summed E-state index contributed by atoms with van der Waals surface area (Å²) in [6, 6.07) is 9.10. The fourth-order valence-electron chi connectivity index (χ4n) is 1.38. The Bertz CT molecular complexity index is 401. The van der Waals surface area contributed by atoms with Gasteiger partial charge in [0.15, 0.2) is 0 Å². The number of rotatable bonds is 5. The second kappa shape index (κ2) is 6.48. The van der Waals surface area contributed by atoms with Crippen LogP contribution >= 0.6 is 0 Å². The number of nitrogens with one attached hydrogen (secondary N) is 1. The van der Waals surface area contributed by atoms with E-state index in [0.29, 0.717) is 12.2 Å². The molecule has 0 heterocycles. The van der Waals surface area contributed by atoms with Crippen LogP contribution in [0.3, 0.4) is 0 Å². The van der Waals surface area contributed by atoms with Crippen LogP contribution in [0.1, 0.15) is 6.92 Å². The topological polar surface area (TPSA) is 49.4 Å². The molecule has 17 heavy (non-hydrogen) atoms. The highest BCUT2D eigenvalue weighted by atomic mass is 16.2. The fourth-order valence-corrected chi connectivity index (χ4v) is 1.38. The Balaban J connectivity index is 2.71. The zero-order valence-electron chi connectivity index (χ0n) is 9.85. The van der Waals surface area contributed by atoms with Crippen LogP contribution in [0.4, 0.5) is 5.69 Å². The second-order valence-corrected chi connectivity index (χ2v) is 3.53. The molecule has 0 bridgehead atoms. The van der Waals surface area contributed by atoms with E-state index in [4.69, 9.17) is 0 Å². The molecule has 4 heteroatoms. The van der Waals surface area contributed by atoms with Gasteiger partial charge < -0.3 is 10.2 Å². The predicted molar refractivity (Wildman–Crippen MR) is 67.7 cm³/mol. The standard InChI is InChI=1S/C13H16N2O2/c1-3-9-14-13(17)10-15(11(2)16)12-7-5-4-6-8-12/h3-8H,1,9-10H2,2H3,(H,14,17). The minimum Gasteiger partial charge on any atom is -0.351 e. The van der Waals surface area contributed by atoms with E-state index in [1.165, 1.54) is 11.8 Å². The van der Waals surface area contributed by atoms with Gasteiger partial charge in [-0.3, -0.25) is 9.59 Å². The van der Waals surface area contributed by atoms with E-state index in [2.05, 4.69) is 11.9 Å². The number of nitrogens with zero attached hydrogens (tertiary/aromatic N) is 1. The summed E-state index contributed by atoms with van der Waals surface area (Å²) < 4.78 is 0. The molecule has 1 rings (SSSR count). The van der Waals surface area contributed by atoms with Gasteiger partial charge in [0.05, 0.1) is 0 Å². The molecule has 0 aliphatic heterocycles. The third kappa shape index (κ3) is 4.10. The smallest absolute Gasteiger partial charge is 0.240 e. The van der Waals surface area contributed by atoms with Gasteiger partial charge in [0.2, 0.25) is 11.8 Å². The van der Waals surface area contributed by atoms with Gasteiger partial charge in [-0.15, -0.1) is 6.58 Å². The number of benzene rings is 1. The van der Waals surface area contributed by atoms with Gasteiger partial charge in [-0.25, -0.2) is 0 Å². The number of amides is 2. The van der Waals surface area contributed by atoms with Crippen molar-refractivity contribution in [1.82, 2.24) is 5.32 Å². The molecule has 0 spiro atoms. The van der Waals surface area contributed by atoms with Crippen molar-refractivity contribution in [2.75, 3.05) is 18.0 Å². The zero-order valence-corrected chi connectivity index (χ0v) is 9.85. The lowest BCUT2D eigenvalue weighted by atomic mass is 10.3. The Kier molecular flexibility index (Phi) is 4.94. The molecule has 0 atom stereocenters. The molecule has 0 aliphatic carbocycles. The molecule has 0 saturated heterocycles. The Hall–Kier alpha value is -2.10. The lowest BCUT2D eigenvalue weighted by Crippen LogP contribution is -2.39. The highest BCUT2D eigenvalue weighted by Gasteiger charge is 2.14. The molecule has 1 aromatic rings. The van der Waals surface area contributed by atoms with E-state index >= 15 is 0 Å². The maximum atomic E-state index is 11.5. The number of carbonyl (C=O) groups is 2. The van der Waals surface area contributed by atoms with E-state index in [1.54, 1.807) is 18.2 Å². The van der Waals surface area contributed by atoms with Crippen LogP contribution in [0, 0.1) is 0 Å². The molecule has 1 N–H and O–H groups in total. The molecule has 0 saturated carbocycles. The van der Waals surface area contributed by atoms with Crippen LogP contribution in [0.15, 0.2) is 43.0 Å². The summed E-state index contributed by atoms with van der Waals surface area (Å²) in [5.74, 6) is -0.367. The second-order valence-electron chi connectivity index (χ2n) is 3.53. The van der Waals surface area contributed by atoms with Crippen molar-refractivity contribution in [2.45, 2.75) is 6.92 Å². The first kappa shape index (κ1) is 13.0. The molecule has 0 aromatic heterocycles. The SMILES string of the molecule is C=CCNC(=O)CN(C(C)=O)c1ccccc1. The van der Waals surface area contributed by atoms with Crippen LogP contribution in [-0.4, -0.2) is 24.9 Å². The van der Waals surface area contributed by atoms with E-state index < -0.39 is 0 Å². The molecule has 0 unspecified atom stereocenters. The highest BCUT2D eigenvalue weighted by molar-refractivity contribution is 5.97. The molecule has 0 aliphatic rings. The summed E-state index contributed by atoms with van der Waals surface area (Å²) >= 11 is 0. The number of hydrogen-bond acceptors (Lipinski definition) is 2. The van der Waals surface area contributed by atoms with Gasteiger partial charge in [0.1, 0.15) is 6.54 Å². The Labute approximate surface area is 101 Å². The van der Waals surface area contributed by atoms with E-state index in [0.717, 1.165) is 0 Å². The quantitative estimate of drug-likeness (QED) is 0.779. The molecule has 0 radical (unpaired) electrons. The van der Waals surface area contributed by atoms with Crippen LogP contribution in [0.2, 0.25) is 0 Å². The van der Waals surface area contributed by atoms with Gasteiger partial charge in [-0.2, -0.15) is 0 Å². The van der Waals surface area contributed by atoms with Crippen molar-refractivity contribution in [3.8, 4) is 0 Å². The number of hydrogen-bond donors (Lipinski definition) is 1. The third-order valence-corrected chi connectivity index (χ3v) is 2.19. The van der Waals surface area contributed by atoms with Crippen LogP contribution in [0.25, 0.3) is 0 Å². The average Bonchev–Trinajstić information content (AvgIpc) is 2.34. The average molecular weight is 232 g/mol. The summed E-state index contributed by atoms with van der Waals surface area (Å²) in [5.41, 5.74) is 0.716. The first-order chi connectivity index (χ1) is 8.15. The summed E-state index contributed by atoms with van der Waals surface area (Å²) in [6.07, 6.45) is 1.60. The lowest BCUT2D eigenvalue weighted by Gasteiger charge is -2.20. The van der Waals surface area contributed by atoms with E-state index in [1.807, 2.05) is 18.2 Å². The van der Waals surface area contributed by atoms with Crippen molar-refractivity contribution in [3.05, 3.63) is 43.0 Å². The number of para-hydroxylation sites is 1. The number of carbonyl (C=O) groups excluding carboxylic acids is 2. The first-order valence-corrected chi connectivity index (χ1v) is 5.36. The summed E-state index contributed by atoms with van der Waals surface area (Å²) in [4.78, 5) is 24.4. The molecule has 2 amide bonds. The minimum absolute atomic E-state index is 0.0210. The minimum atomic E-state index is -0.205. The van der Waals surface area contributed by atoms with E-state index in [9.17, 15) is 9.59 Å². The Morgan fingerprint density at radius 1 is 1.35 bits per heavy atom. The summed E-state index contributed by atoms with van der Waals surface area (Å²) in [6.45, 7) is 5.37. The van der Waals surface area contributed by atoms with Gasteiger partial charge in [-0.1, -0.05) is 24.3 Å². The van der Waals surface area contributed by atoms with Gasteiger partial charge in [-0.05, 0) is 12.1 Å². The molecule has 4 nitrogen and oxygen atoms in total. The van der Waals surface area contributed by atoms with Gasteiger partial charge in [0, 0.05) is 19.2 Å². The summed E-state index contributed by atoms with van der Waals surface area (Å²) in [5, 5.41) is 2.64. The van der Waals surface area contributed by atoms with Crippen molar-refractivity contribution in [1.29, 1.82) is 0 Å². The number of anilines is 1. The largest absolute Gasteiger partial charge is 0.351 e. The fraction of sp³-hybridized carbons (Fsp3) is 0.231. The van der Waals surface area contributed by atoms with Crippen molar-refractivity contribution >= 4 is 17.5 Å². The summed E-state index contributed by atoms with van der Waals surface area (Å²) in [7, 11) is 0. The maximum Gasteiger partial charge on any atom is 0.240 e. The van der Waals surface area contributed by atoms with Crippen LogP contribution in [-0.2, 0) is 9.59 Å². The van der Waals surface area contributed by atoms with Gasteiger partial charge >= 0.3 is 0 Å². The molecule has 90 valence electrons. The van der Waals surface area contributed by atoms with Crippen LogP contribution in [0.5, 0.6) is 0 Å². The molecular weight excluding hydrogens is 216 g/mol. The molecule has 1 aromatic carbocycles. The van der Waals surface area contributed by atoms with E-state index in [-0.39, 0.29) is 18.4 Å². The molecule has 0 fully saturated rings. The Morgan fingerprint density at radius 2 is 2.00 bits per heavy atom. The highest BCUT2D eigenvalue weighted by Crippen LogP contribution is 2.12. The zero-order chi connectivity index (χ0) is 12.7. The van der Waals surface area contributed by atoms with Crippen LogP contribution < -0.4 is 10.2 Å². The predicted octanol–water partition coefficient (Wildman–Crippen LogP) is 1.34. The monoisotopic (exact) mass is 232 g/mol. The third-order valence-electron chi connectivity index (χ3n) is 2.19. The first-order valence-electron chi connectivity index (χ1n) is 5.36. The normalized spacial score (nSPS) is 9.47. The van der Waals surface area contributed by atoms with Crippen molar-refractivity contribution in [3.63, 3.8) is 0 Å². The Morgan fingerprint density at radius 3 is 2.53 bits per heavy atom. The van der Waals surface area contributed by atoms with Gasteiger partial charge in [0.25, 0.3) is 0 Å². The molecular formula is C13H16N2O2. The van der Waals surface area contributed by atoms with Crippen molar-refractivity contribution < 1.29 is 9.59 Å². The lowest BCUT2D eigenvalue weighted by molar-refractivity contribution is -0.122. The maximum absolute atomic E-state index is 11.5. The van der Waals surface area contributed by atoms with Crippen molar-refractivity contribution in [2.24, 2.45) is 0 Å².